The lowest BCUT2D eigenvalue weighted by atomic mass is 9.79. The third-order valence-electron chi connectivity index (χ3n) is 10.2. The van der Waals surface area contributed by atoms with Gasteiger partial charge in [-0.25, -0.2) is 15.0 Å². The molecule has 0 unspecified atom stereocenters. The number of anilines is 3. The Balaban J connectivity index is 1.48. The van der Waals surface area contributed by atoms with E-state index in [1.165, 1.54) is 0 Å². The van der Waals surface area contributed by atoms with Crippen molar-refractivity contribution in [3.63, 3.8) is 0 Å². The number of furan rings is 1. The summed E-state index contributed by atoms with van der Waals surface area (Å²) in [6.45, 7) is 17.0. The van der Waals surface area contributed by atoms with Gasteiger partial charge in [0.15, 0.2) is 11.4 Å². The van der Waals surface area contributed by atoms with Crippen LogP contribution in [0.5, 0.6) is 5.75 Å². The van der Waals surface area contributed by atoms with Gasteiger partial charge >= 0.3 is 0 Å². The van der Waals surface area contributed by atoms with Crippen LogP contribution in [0.15, 0.2) is 126 Å². The van der Waals surface area contributed by atoms with Gasteiger partial charge in [-0.05, 0) is 102 Å². The first-order valence-corrected chi connectivity index (χ1v) is 18.7. The summed E-state index contributed by atoms with van der Waals surface area (Å²) in [4.78, 5) is 22.3. The lowest BCUT2D eigenvalue weighted by Gasteiger charge is -2.28. The predicted octanol–water partition coefficient (Wildman–Crippen LogP) is 12.6. The van der Waals surface area contributed by atoms with Gasteiger partial charge in [0.2, 0.25) is 0 Å². The van der Waals surface area contributed by atoms with Crippen LogP contribution in [0.25, 0.3) is 55.8 Å². The molecule has 8 aromatic rings. The van der Waals surface area contributed by atoms with Gasteiger partial charge in [-0.2, -0.15) is 0 Å². The average molecular weight is 724 g/mol. The maximum absolute atomic E-state index is 12.1. The van der Waals surface area contributed by atoms with Crippen LogP contribution in [0.1, 0.15) is 63.9 Å². The molecule has 0 amide bonds. The Labute approximate surface area is 322 Å². The average Bonchev–Trinajstić information content (AvgIpc) is 3.54. The lowest BCUT2D eigenvalue weighted by Crippen LogP contribution is -2.17. The van der Waals surface area contributed by atoms with Crippen molar-refractivity contribution in [1.82, 2.24) is 19.9 Å². The second kappa shape index (κ2) is 13.5. The van der Waals surface area contributed by atoms with E-state index in [-0.39, 0.29) is 16.6 Å². The van der Waals surface area contributed by atoms with E-state index in [9.17, 15) is 5.11 Å². The summed E-state index contributed by atoms with van der Waals surface area (Å²) in [6, 6.07) is 36.9. The molecule has 4 aromatic heterocycles. The number of rotatable bonds is 6. The van der Waals surface area contributed by atoms with Gasteiger partial charge in [0.25, 0.3) is 0 Å². The van der Waals surface area contributed by atoms with E-state index >= 15 is 0 Å². The van der Waals surface area contributed by atoms with Crippen LogP contribution in [-0.4, -0.2) is 25.0 Å². The fourth-order valence-electron chi connectivity index (χ4n) is 7.28. The highest BCUT2D eigenvalue weighted by atomic mass is 16.3. The number of benzene rings is 4. The Morgan fingerprint density at radius 2 is 1.38 bits per heavy atom. The third kappa shape index (κ3) is 6.60. The number of pyridine rings is 2. The molecule has 8 rings (SSSR count). The van der Waals surface area contributed by atoms with Crippen LogP contribution >= 0.6 is 0 Å². The molecule has 7 heteroatoms. The van der Waals surface area contributed by atoms with Gasteiger partial charge in [-0.3, -0.25) is 9.88 Å². The molecule has 0 fully saturated rings. The van der Waals surface area contributed by atoms with Crippen LogP contribution in [0.3, 0.4) is 0 Å². The largest absolute Gasteiger partial charge is 0.507 e. The summed E-state index contributed by atoms with van der Waals surface area (Å²) in [7, 11) is 0. The van der Waals surface area contributed by atoms with Crippen molar-refractivity contribution in [3.05, 3.63) is 144 Å². The first kappa shape index (κ1) is 35.7. The summed E-state index contributed by atoms with van der Waals surface area (Å²) in [5.74, 6) is 1.37. The maximum atomic E-state index is 12.1. The van der Waals surface area contributed by atoms with Gasteiger partial charge in [0, 0.05) is 34.6 Å². The number of aromatic nitrogens is 4. The second-order valence-corrected chi connectivity index (χ2v) is 16.3. The number of fused-ring (bicyclic) bond motifs is 3. The van der Waals surface area contributed by atoms with E-state index in [4.69, 9.17) is 24.4 Å². The number of hydrogen-bond acceptors (Lipinski definition) is 7. The van der Waals surface area contributed by atoms with Crippen molar-refractivity contribution in [1.29, 1.82) is 0 Å². The first-order chi connectivity index (χ1) is 26.3. The summed E-state index contributed by atoms with van der Waals surface area (Å²) in [5, 5.41) is 12.9. The normalized spacial score (nSPS) is 12.1. The molecule has 55 heavy (non-hydrogen) atoms. The summed E-state index contributed by atoms with van der Waals surface area (Å²) >= 11 is 0. The molecule has 0 radical (unpaired) electrons. The molecular formula is C48H45N5O2. The summed E-state index contributed by atoms with van der Waals surface area (Å²) < 4.78 is 6.65. The third-order valence-corrected chi connectivity index (χ3v) is 10.2. The van der Waals surface area contributed by atoms with Gasteiger partial charge in [0.05, 0.1) is 16.9 Å². The second-order valence-electron chi connectivity index (χ2n) is 16.3. The van der Waals surface area contributed by atoms with Crippen LogP contribution in [0.2, 0.25) is 0 Å². The first-order valence-electron chi connectivity index (χ1n) is 18.7. The molecule has 4 aromatic carbocycles. The SMILES string of the molecule is Cc1ccnc(C)c1N(c1cc(-c2ccccc2)cc(-c2nc(-c3cc(C(C)(C)C)cc(C(C)(C)C)c3O)nc3c2oc2ccccc23)c1)c1ccccn1. The molecule has 274 valence electrons. The zero-order chi connectivity index (χ0) is 38.6. The monoisotopic (exact) mass is 723 g/mol. The van der Waals surface area contributed by atoms with Crippen LogP contribution in [-0.2, 0) is 10.8 Å². The molecule has 1 N–H and O–H groups in total. The molecule has 7 nitrogen and oxygen atoms in total. The van der Waals surface area contributed by atoms with Crippen LogP contribution in [0.4, 0.5) is 17.2 Å². The topological polar surface area (TPSA) is 88.2 Å². The van der Waals surface area contributed by atoms with E-state index in [1.54, 1.807) is 0 Å². The zero-order valence-electron chi connectivity index (χ0n) is 32.6. The minimum absolute atomic E-state index is 0.182. The Morgan fingerprint density at radius 1 is 0.655 bits per heavy atom. The lowest BCUT2D eigenvalue weighted by molar-refractivity contribution is 0.446. The highest BCUT2D eigenvalue weighted by Gasteiger charge is 2.28. The molecule has 0 spiro atoms. The number of nitrogens with zero attached hydrogens (tertiary/aromatic N) is 5. The van der Waals surface area contributed by atoms with Crippen molar-refractivity contribution in [2.45, 2.75) is 66.2 Å². The molecule has 0 aliphatic carbocycles. The molecule has 0 aliphatic rings. The van der Waals surface area contributed by atoms with Gasteiger partial charge in [0.1, 0.15) is 28.4 Å². The number of aromatic hydroxyl groups is 1. The van der Waals surface area contributed by atoms with Gasteiger partial charge in [-0.1, -0.05) is 96.1 Å². The molecule has 4 heterocycles. The molecular weight excluding hydrogens is 679 g/mol. The number of phenols is 1. The highest BCUT2D eigenvalue weighted by Crippen LogP contribution is 2.45. The molecule has 0 aliphatic heterocycles. The molecule has 0 bridgehead atoms. The van der Waals surface area contributed by atoms with Crippen molar-refractivity contribution in [2.24, 2.45) is 0 Å². The van der Waals surface area contributed by atoms with E-state index in [0.29, 0.717) is 33.8 Å². The molecule has 0 saturated carbocycles. The Morgan fingerprint density at radius 3 is 2.09 bits per heavy atom. The Hall–Kier alpha value is -6.34. The number of aryl methyl sites for hydroxylation is 2. The molecule has 0 atom stereocenters. The van der Waals surface area contributed by atoms with E-state index in [2.05, 4.69) is 89.8 Å². The summed E-state index contributed by atoms with van der Waals surface area (Å²) in [5.41, 5.74) is 11.2. The van der Waals surface area contributed by atoms with E-state index < -0.39 is 0 Å². The van der Waals surface area contributed by atoms with Crippen molar-refractivity contribution < 1.29 is 9.52 Å². The van der Waals surface area contributed by atoms with Crippen molar-refractivity contribution in [2.75, 3.05) is 4.90 Å². The Bertz CT molecular complexity index is 2690. The smallest absolute Gasteiger partial charge is 0.180 e. The van der Waals surface area contributed by atoms with Crippen molar-refractivity contribution in [3.8, 4) is 39.5 Å². The minimum atomic E-state index is -0.328. The quantitative estimate of drug-likeness (QED) is 0.183. The van der Waals surface area contributed by atoms with Crippen molar-refractivity contribution >= 4 is 39.3 Å². The number of phenolic OH excluding ortho intramolecular Hbond substituents is 1. The van der Waals surface area contributed by atoms with E-state index in [0.717, 1.165) is 61.7 Å². The fraction of sp³-hybridized carbons (Fsp3) is 0.208. The van der Waals surface area contributed by atoms with Gasteiger partial charge in [-0.15, -0.1) is 0 Å². The number of para-hydroxylation sites is 1. The van der Waals surface area contributed by atoms with E-state index in [1.807, 2.05) is 92.1 Å². The fourth-order valence-corrected chi connectivity index (χ4v) is 7.28. The van der Waals surface area contributed by atoms with Gasteiger partial charge < -0.3 is 9.52 Å². The van der Waals surface area contributed by atoms with Crippen LogP contribution in [0, 0.1) is 13.8 Å². The predicted molar refractivity (Wildman–Crippen MR) is 224 cm³/mol. The summed E-state index contributed by atoms with van der Waals surface area (Å²) in [6.07, 6.45) is 3.65. The maximum Gasteiger partial charge on any atom is 0.180 e. The zero-order valence-corrected chi connectivity index (χ0v) is 32.6. The minimum Gasteiger partial charge on any atom is -0.507 e. The highest BCUT2D eigenvalue weighted by molar-refractivity contribution is 6.07. The number of hydrogen-bond donors (Lipinski definition) is 1. The Kier molecular flexibility index (Phi) is 8.76. The van der Waals surface area contributed by atoms with Crippen LogP contribution < -0.4 is 4.90 Å². The standard InChI is InChI=1S/C48H45N5O2/c1-29-21-23-49-30(2)43(29)53(40-20-14-15-22-50-40)35-25-32(31-16-10-9-11-17-31)24-33(26-35)41-45-42(36-18-12-13-19-39(36)55-45)52-46(51-41)37-27-34(47(3,4)5)28-38(44(37)54)48(6,7)8/h9-28,54H,1-8H3. The molecule has 0 saturated heterocycles.